The Morgan fingerprint density at radius 3 is 2.17 bits per heavy atom. The minimum atomic E-state index is -3.62. The zero-order valence-corrected chi connectivity index (χ0v) is 17.9. The van der Waals surface area contributed by atoms with Gasteiger partial charge in [0.2, 0.25) is 15.9 Å². The highest BCUT2D eigenvalue weighted by molar-refractivity contribution is 7.89. The first-order valence-corrected chi connectivity index (χ1v) is 11.8. The van der Waals surface area contributed by atoms with E-state index in [0.717, 1.165) is 13.0 Å². The summed E-state index contributed by atoms with van der Waals surface area (Å²) in [6.07, 6.45) is 1.93. The summed E-state index contributed by atoms with van der Waals surface area (Å²) in [7, 11) is -3.62. The molecule has 30 heavy (non-hydrogen) atoms. The third-order valence-corrected chi connectivity index (χ3v) is 8.06. The summed E-state index contributed by atoms with van der Waals surface area (Å²) in [6, 6.07) is 14.3. The maximum atomic E-state index is 13.0. The maximum Gasteiger partial charge on any atom is 0.243 e. The first-order valence-electron chi connectivity index (χ1n) is 10.3. The summed E-state index contributed by atoms with van der Waals surface area (Å²) >= 11 is 0. The van der Waals surface area contributed by atoms with E-state index in [1.54, 1.807) is 12.1 Å². The van der Waals surface area contributed by atoms with Gasteiger partial charge in [-0.05, 0) is 49.4 Å². The molecule has 2 aliphatic rings. The van der Waals surface area contributed by atoms with Gasteiger partial charge < -0.3 is 4.90 Å². The molecule has 6 nitrogen and oxygen atoms in total. The Hall–Kier alpha value is -2.51. The van der Waals surface area contributed by atoms with Crippen molar-refractivity contribution in [1.82, 2.24) is 9.21 Å². The van der Waals surface area contributed by atoms with E-state index < -0.39 is 10.0 Å². The van der Waals surface area contributed by atoms with Crippen molar-refractivity contribution in [3.8, 4) is 0 Å². The summed E-state index contributed by atoms with van der Waals surface area (Å²) < 4.78 is 27.3. The molecule has 1 saturated heterocycles. The van der Waals surface area contributed by atoms with Crippen LogP contribution in [0.15, 0.2) is 53.4 Å². The van der Waals surface area contributed by atoms with E-state index in [9.17, 15) is 18.0 Å². The molecule has 0 N–H and O–H groups in total. The summed E-state index contributed by atoms with van der Waals surface area (Å²) in [6.45, 7) is 3.47. The minimum Gasteiger partial charge on any atom is -0.338 e. The summed E-state index contributed by atoms with van der Waals surface area (Å²) in [5.41, 5.74) is 2.99. The predicted octanol–water partition coefficient (Wildman–Crippen LogP) is 2.87. The van der Waals surface area contributed by atoms with Crippen LogP contribution >= 0.6 is 0 Å². The molecule has 1 amide bonds. The Kier molecular flexibility index (Phi) is 5.75. The number of piperidine rings is 1. The molecule has 2 aromatic rings. The van der Waals surface area contributed by atoms with Crippen LogP contribution in [0.4, 0.5) is 0 Å². The minimum absolute atomic E-state index is 0.0985. The van der Waals surface area contributed by atoms with Gasteiger partial charge in [0.15, 0.2) is 5.78 Å². The highest BCUT2D eigenvalue weighted by Crippen LogP contribution is 2.27. The Morgan fingerprint density at radius 1 is 0.900 bits per heavy atom. The van der Waals surface area contributed by atoms with Crippen LogP contribution in [0.3, 0.4) is 0 Å². The third kappa shape index (κ3) is 4.04. The molecular formula is C23H26N2O4S. The number of ketones is 1. The number of amides is 1. The van der Waals surface area contributed by atoms with Gasteiger partial charge in [0.05, 0.1) is 4.90 Å². The number of fused-ring (bicyclic) bond motifs is 1. The SMILES string of the molecule is CC(=O)c1ccc(S(=O)(=O)N2CCC(C(=O)N3CCc4ccccc4C3)CC2)cc1. The highest BCUT2D eigenvalue weighted by Gasteiger charge is 2.34. The average Bonchev–Trinajstić information content (AvgIpc) is 2.78. The van der Waals surface area contributed by atoms with Crippen LogP contribution < -0.4 is 0 Å². The quantitative estimate of drug-likeness (QED) is 0.705. The molecule has 0 spiro atoms. The Bertz CT molecular complexity index is 1050. The first kappa shape index (κ1) is 20.8. The topological polar surface area (TPSA) is 74.8 Å². The zero-order chi connectivity index (χ0) is 21.3. The molecule has 0 radical (unpaired) electrons. The molecule has 2 heterocycles. The van der Waals surface area contributed by atoms with Gasteiger partial charge in [-0.1, -0.05) is 36.4 Å². The molecule has 0 saturated carbocycles. The molecule has 1 fully saturated rings. The number of rotatable bonds is 4. The third-order valence-electron chi connectivity index (χ3n) is 6.14. The number of carbonyl (C=O) groups is 2. The second kappa shape index (κ2) is 8.32. The van der Waals surface area contributed by atoms with Gasteiger partial charge in [0.1, 0.15) is 0 Å². The van der Waals surface area contributed by atoms with Crippen LogP contribution in [0.5, 0.6) is 0 Å². The monoisotopic (exact) mass is 426 g/mol. The normalized spacial score (nSPS) is 18.1. The van der Waals surface area contributed by atoms with Crippen LogP contribution in [0.1, 0.15) is 41.3 Å². The van der Waals surface area contributed by atoms with Crippen molar-refractivity contribution < 1.29 is 18.0 Å². The molecule has 0 aliphatic carbocycles. The molecular weight excluding hydrogens is 400 g/mol. The van der Waals surface area contributed by atoms with E-state index >= 15 is 0 Å². The van der Waals surface area contributed by atoms with Gasteiger partial charge in [0.25, 0.3) is 0 Å². The van der Waals surface area contributed by atoms with Crippen molar-refractivity contribution in [2.24, 2.45) is 5.92 Å². The fraction of sp³-hybridized carbons (Fsp3) is 0.391. The smallest absolute Gasteiger partial charge is 0.243 e. The van der Waals surface area contributed by atoms with Crippen LogP contribution in [0.25, 0.3) is 0 Å². The average molecular weight is 427 g/mol. The van der Waals surface area contributed by atoms with Crippen molar-refractivity contribution >= 4 is 21.7 Å². The number of hydrogen-bond acceptors (Lipinski definition) is 4. The molecule has 0 aromatic heterocycles. The Balaban J connectivity index is 1.38. The van der Waals surface area contributed by atoms with Crippen LogP contribution in [-0.2, 0) is 27.8 Å². The van der Waals surface area contributed by atoms with E-state index in [1.807, 2.05) is 17.0 Å². The summed E-state index contributed by atoms with van der Waals surface area (Å²) in [5.74, 6) is -0.104. The summed E-state index contributed by atoms with van der Waals surface area (Å²) in [5, 5.41) is 0. The molecule has 4 rings (SSSR count). The van der Waals surface area contributed by atoms with Gasteiger partial charge in [-0.25, -0.2) is 8.42 Å². The number of hydrogen-bond donors (Lipinski definition) is 0. The van der Waals surface area contributed by atoms with Crippen LogP contribution in [0.2, 0.25) is 0 Å². The molecule has 7 heteroatoms. The fourth-order valence-electron chi connectivity index (χ4n) is 4.30. The second-order valence-electron chi connectivity index (χ2n) is 8.04. The highest BCUT2D eigenvalue weighted by atomic mass is 32.2. The lowest BCUT2D eigenvalue weighted by atomic mass is 9.94. The standard InChI is InChI=1S/C23H26N2O4S/c1-17(26)18-6-8-22(9-7-18)30(28,29)25-14-11-20(12-15-25)23(27)24-13-10-19-4-2-3-5-21(19)16-24/h2-9,20H,10-16H2,1H3. The van der Waals surface area contributed by atoms with E-state index in [1.165, 1.54) is 34.5 Å². The molecule has 158 valence electrons. The maximum absolute atomic E-state index is 13.0. The molecule has 2 aliphatic heterocycles. The predicted molar refractivity (Wildman–Crippen MR) is 113 cm³/mol. The van der Waals surface area contributed by atoms with Gasteiger partial charge in [-0.2, -0.15) is 4.31 Å². The van der Waals surface area contributed by atoms with Crippen molar-refractivity contribution in [1.29, 1.82) is 0 Å². The Morgan fingerprint density at radius 2 is 1.53 bits per heavy atom. The molecule has 0 bridgehead atoms. The van der Waals surface area contributed by atoms with Gasteiger partial charge in [0, 0.05) is 37.7 Å². The van der Waals surface area contributed by atoms with E-state index in [2.05, 4.69) is 12.1 Å². The van der Waals surface area contributed by atoms with Gasteiger partial charge in [-0.15, -0.1) is 0 Å². The van der Waals surface area contributed by atoms with Crippen molar-refractivity contribution in [3.05, 3.63) is 65.2 Å². The number of carbonyl (C=O) groups excluding carboxylic acids is 2. The van der Waals surface area contributed by atoms with E-state index in [4.69, 9.17) is 0 Å². The zero-order valence-electron chi connectivity index (χ0n) is 17.1. The van der Waals surface area contributed by atoms with E-state index in [0.29, 0.717) is 38.0 Å². The number of benzene rings is 2. The van der Waals surface area contributed by atoms with Gasteiger partial charge >= 0.3 is 0 Å². The van der Waals surface area contributed by atoms with Crippen LogP contribution in [-0.4, -0.2) is 48.9 Å². The number of nitrogens with zero attached hydrogens (tertiary/aromatic N) is 2. The number of Topliss-reactive ketones (excluding diaryl/α,β-unsaturated/α-hetero) is 1. The summed E-state index contributed by atoms with van der Waals surface area (Å²) in [4.78, 5) is 26.5. The Labute approximate surface area is 177 Å². The largest absolute Gasteiger partial charge is 0.338 e. The lowest BCUT2D eigenvalue weighted by molar-refractivity contribution is -0.137. The second-order valence-corrected chi connectivity index (χ2v) is 9.98. The lowest BCUT2D eigenvalue weighted by Crippen LogP contribution is -2.45. The lowest BCUT2D eigenvalue weighted by Gasteiger charge is -2.35. The molecule has 0 atom stereocenters. The first-order chi connectivity index (χ1) is 14.4. The van der Waals surface area contributed by atoms with Gasteiger partial charge in [-0.3, -0.25) is 9.59 Å². The van der Waals surface area contributed by atoms with E-state index in [-0.39, 0.29) is 22.5 Å². The van der Waals surface area contributed by atoms with Crippen LogP contribution in [0, 0.1) is 5.92 Å². The molecule has 0 unspecified atom stereocenters. The number of sulfonamides is 1. The fourth-order valence-corrected chi connectivity index (χ4v) is 5.77. The van der Waals surface area contributed by atoms with Crippen molar-refractivity contribution in [3.63, 3.8) is 0 Å². The molecule has 2 aromatic carbocycles. The van der Waals surface area contributed by atoms with Crippen molar-refractivity contribution in [2.45, 2.75) is 37.6 Å². The van der Waals surface area contributed by atoms with Crippen molar-refractivity contribution in [2.75, 3.05) is 19.6 Å².